The van der Waals surface area contributed by atoms with Gasteiger partial charge in [0, 0.05) is 42.8 Å². The van der Waals surface area contributed by atoms with E-state index in [2.05, 4.69) is 30.7 Å². The number of rotatable bonds is 5. The Morgan fingerprint density at radius 1 is 1.30 bits per heavy atom. The Morgan fingerprint density at radius 2 is 2.11 bits per heavy atom. The number of hydrogen-bond donors (Lipinski definition) is 2. The highest BCUT2D eigenvalue weighted by atomic mass is 35.5. The van der Waals surface area contributed by atoms with Crippen LogP contribution in [0.4, 0.5) is 0 Å². The van der Waals surface area contributed by atoms with E-state index in [0.717, 1.165) is 30.4 Å². The molecule has 1 aliphatic heterocycles. The summed E-state index contributed by atoms with van der Waals surface area (Å²) in [6, 6.07) is 8.72. The fraction of sp³-hybridized carbons (Fsp3) is 0.526. The molecule has 2 fully saturated rings. The van der Waals surface area contributed by atoms with Gasteiger partial charge in [0.1, 0.15) is 0 Å². The van der Waals surface area contributed by atoms with Gasteiger partial charge < -0.3 is 20.1 Å². The number of benzene rings is 1. The van der Waals surface area contributed by atoms with Gasteiger partial charge in [-0.3, -0.25) is 4.99 Å². The van der Waals surface area contributed by atoms with E-state index in [0.29, 0.717) is 29.3 Å². The smallest absolute Gasteiger partial charge is 0.246 e. The molecule has 0 unspecified atom stereocenters. The van der Waals surface area contributed by atoms with Crippen molar-refractivity contribution in [3.8, 4) is 11.4 Å². The minimum absolute atomic E-state index is 0.425. The average Bonchev–Trinajstić information content (AvgIpc) is 3.43. The van der Waals surface area contributed by atoms with Crippen molar-refractivity contribution < 1.29 is 4.52 Å². The van der Waals surface area contributed by atoms with E-state index in [9.17, 15) is 0 Å². The first-order chi connectivity index (χ1) is 13.2. The number of nitrogens with one attached hydrogen (secondary N) is 2. The number of hydrogen-bond acceptors (Lipinski definition) is 5. The third-order valence-electron chi connectivity index (χ3n) is 5.12. The third-order valence-corrected chi connectivity index (χ3v) is 5.35. The van der Waals surface area contributed by atoms with Gasteiger partial charge in [0.05, 0.1) is 6.54 Å². The lowest BCUT2D eigenvalue weighted by atomic mass is 10.1. The lowest BCUT2D eigenvalue weighted by Crippen LogP contribution is -2.48. The number of piperidine rings is 1. The van der Waals surface area contributed by atoms with E-state index in [1.807, 2.05) is 24.3 Å². The molecular weight excluding hydrogens is 364 g/mol. The summed E-state index contributed by atoms with van der Waals surface area (Å²) in [6.45, 7) is 2.77. The maximum Gasteiger partial charge on any atom is 0.246 e. The third kappa shape index (κ3) is 4.78. The fourth-order valence-electron chi connectivity index (χ4n) is 3.47. The van der Waals surface area contributed by atoms with Crippen LogP contribution in [-0.2, 0) is 6.54 Å². The molecule has 1 saturated heterocycles. The largest absolute Gasteiger partial charge is 0.354 e. The summed E-state index contributed by atoms with van der Waals surface area (Å²) >= 11 is 6.02. The predicted molar refractivity (Wildman–Crippen MR) is 106 cm³/mol. The zero-order valence-electron chi connectivity index (χ0n) is 15.5. The Kier molecular flexibility index (Phi) is 5.59. The van der Waals surface area contributed by atoms with Crippen LogP contribution in [0.25, 0.3) is 11.4 Å². The van der Waals surface area contributed by atoms with Gasteiger partial charge in [-0.2, -0.15) is 4.98 Å². The molecule has 2 heterocycles. The summed E-state index contributed by atoms with van der Waals surface area (Å²) in [6.07, 6.45) is 5.05. The molecule has 0 bridgehead atoms. The van der Waals surface area contributed by atoms with E-state index in [1.54, 1.807) is 7.05 Å². The Hall–Kier alpha value is -2.12. The second-order valence-electron chi connectivity index (χ2n) is 7.13. The van der Waals surface area contributed by atoms with E-state index in [-0.39, 0.29) is 0 Å². The first-order valence-electron chi connectivity index (χ1n) is 9.51. The topological polar surface area (TPSA) is 78.6 Å². The number of aliphatic imine (C=N–C) groups is 1. The molecule has 144 valence electrons. The fourth-order valence-corrected chi connectivity index (χ4v) is 3.66. The van der Waals surface area contributed by atoms with Crippen molar-refractivity contribution in [1.29, 1.82) is 0 Å². The van der Waals surface area contributed by atoms with Crippen LogP contribution in [0.2, 0.25) is 5.02 Å². The normalized spacial score (nSPS) is 19.3. The Balaban J connectivity index is 1.27. The molecular formula is C19H25ClN6O. The van der Waals surface area contributed by atoms with Crippen LogP contribution < -0.4 is 10.6 Å². The second-order valence-corrected chi connectivity index (χ2v) is 7.57. The van der Waals surface area contributed by atoms with Gasteiger partial charge >= 0.3 is 0 Å². The van der Waals surface area contributed by atoms with Crippen molar-refractivity contribution in [2.45, 2.75) is 44.3 Å². The summed E-state index contributed by atoms with van der Waals surface area (Å²) in [5.74, 6) is 1.81. The van der Waals surface area contributed by atoms with Crippen molar-refractivity contribution in [1.82, 2.24) is 25.7 Å². The lowest BCUT2D eigenvalue weighted by Gasteiger charge is -2.33. The molecule has 7 nitrogen and oxygen atoms in total. The SMILES string of the molecule is CN=C(NCc1nc(-c2cccc(Cl)c2)no1)NC1CCN(C2CC2)CC1. The minimum Gasteiger partial charge on any atom is -0.354 e. The Labute approximate surface area is 164 Å². The maximum absolute atomic E-state index is 6.02. The minimum atomic E-state index is 0.425. The molecule has 2 aromatic rings. The summed E-state index contributed by atoms with van der Waals surface area (Å²) in [7, 11) is 1.78. The first-order valence-corrected chi connectivity index (χ1v) is 9.89. The second kappa shape index (κ2) is 8.27. The van der Waals surface area contributed by atoms with Crippen molar-refractivity contribution in [2.24, 2.45) is 4.99 Å². The van der Waals surface area contributed by atoms with Crippen LogP contribution in [0, 0.1) is 0 Å². The van der Waals surface area contributed by atoms with Crippen LogP contribution in [-0.4, -0.2) is 53.2 Å². The summed E-state index contributed by atoms with van der Waals surface area (Å²) in [5, 5.41) is 11.4. The lowest BCUT2D eigenvalue weighted by molar-refractivity contribution is 0.197. The van der Waals surface area contributed by atoms with E-state index in [1.165, 1.54) is 25.9 Å². The van der Waals surface area contributed by atoms with Gasteiger partial charge in [-0.15, -0.1) is 0 Å². The molecule has 1 aromatic carbocycles. The molecule has 2 N–H and O–H groups in total. The monoisotopic (exact) mass is 388 g/mol. The molecule has 1 saturated carbocycles. The molecule has 4 rings (SSSR count). The zero-order valence-corrected chi connectivity index (χ0v) is 16.2. The maximum atomic E-state index is 6.02. The van der Waals surface area contributed by atoms with Crippen LogP contribution in [0.3, 0.4) is 0 Å². The van der Waals surface area contributed by atoms with Crippen LogP contribution in [0.1, 0.15) is 31.6 Å². The molecule has 8 heteroatoms. The average molecular weight is 389 g/mol. The van der Waals surface area contributed by atoms with Gasteiger partial charge in [-0.1, -0.05) is 28.9 Å². The molecule has 1 aliphatic carbocycles. The first kappa shape index (κ1) is 18.3. The van der Waals surface area contributed by atoms with E-state index < -0.39 is 0 Å². The van der Waals surface area contributed by atoms with Gasteiger partial charge in [-0.25, -0.2) is 0 Å². The highest BCUT2D eigenvalue weighted by Gasteiger charge is 2.31. The summed E-state index contributed by atoms with van der Waals surface area (Å²) in [4.78, 5) is 11.4. The predicted octanol–water partition coefficient (Wildman–Crippen LogP) is 2.68. The highest BCUT2D eigenvalue weighted by molar-refractivity contribution is 6.30. The van der Waals surface area contributed by atoms with Crippen LogP contribution >= 0.6 is 11.6 Å². The highest BCUT2D eigenvalue weighted by Crippen LogP contribution is 2.29. The van der Waals surface area contributed by atoms with Crippen molar-refractivity contribution in [3.63, 3.8) is 0 Å². The van der Waals surface area contributed by atoms with E-state index in [4.69, 9.17) is 16.1 Å². The van der Waals surface area contributed by atoms with Crippen molar-refractivity contribution >= 4 is 17.6 Å². The van der Waals surface area contributed by atoms with Gasteiger partial charge in [0.2, 0.25) is 11.7 Å². The Morgan fingerprint density at radius 3 is 2.81 bits per heavy atom. The number of guanidine groups is 1. The van der Waals surface area contributed by atoms with Crippen molar-refractivity contribution in [2.75, 3.05) is 20.1 Å². The van der Waals surface area contributed by atoms with Crippen molar-refractivity contribution in [3.05, 3.63) is 35.2 Å². The molecule has 0 amide bonds. The number of aromatic nitrogens is 2. The number of likely N-dealkylation sites (tertiary alicyclic amines) is 1. The quantitative estimate of drug-likeness (QED) is 0.605. The Bertz CT molecular complexity index is 795. The molecule has 0 atom stereocenters. The zero-order chi connectivity index (χ0) is 18.6. The molecule has 1 aromatic heterocycles. The molecule has 0 spiro atoms. The van der Waals surface area contributed by atoms with Gasteiger partial charge in [0.25, 0.3) is 0 Å². The van der Waals surface area contributed by atoms with E-state index >= 15 is 0 Å². The molecule has 0 radical (unpaired) electrons. The molecule has 27 heavy (non-hydrogen) atoms. The summed E-state index contributed by atoms with van der Waals surface area (Å²) in [5.41, 5.74) is 0.836. The van der Waals surface area contributed by atoms with Gasteiger partial charge in [0.15, 0.2) is 5.96 Å². The molecule has 2 aliphatic rings. The standard InChI is InChI=1S/C19H25ClN6O/c1-21-19(23-15-7-9-26(10-8-15)16-5-6-16)22-12-17-24-18(25-27-17)13-3-2-4-14(20)11-13/h2-4,11,15-16H,5-10,12H2,1H3,(H2,21,22,23). The number of halogens is 1. The van der Waals surface area contributed by atoms with Gasteiger partial charge in [-0.05, 0) is 37.8 Å². The summed E-state index contributed by atoms with van der Waals surface area (Å²) < 4.78 is 5.34. The van der Waals surface area contributed by atoms with Crippen LogP contribution in [0.5, 0.6) is 0 Å². The van der Waals surface area contributed by atoms with Crippen LogP contribution in [0.15, 0.2) is 33.8 Å². The number of nitrogens with zero attached hydrogens (tertiary/aromatic N) is 4.